The molecule has 0 saturated carbocycles. The Labute approximate surface area is 123 Å². The first-order valence-corrected chi connectivity index (χ1v) is 5.91. The molecule has 2 N–H and O–H groups in total. The normalized spacial score (nSPS) is 10.2. The number of hydrogen-bond acceptors (Lipinski definition) is 6. The van der Waals surface area contributed by atoms with Gasteiger partial charge in [-0.2, -0.15) is 5.10 Å². The third-order valence-corrected chi connectivity index (χ3v) is 2.91. The first kappa shape index (κ1) is 15.0. The van der Waals surface area contributed by atoms with Crippen LogP contribution in [0, 0.1) is 17.0 Å². The molecule has 1 aromatic heterocycles. The Morgan fingerprint density at radius 2 is 1.86 bits per heavy atom. The van der Waals surface area contributed by atoms with Crippen molar-refractivity contribution in [3.05, 3.63) is 51.3 Å². The van der Waals surface area contributed by atoms with Crippen LogP contribution in [-0.2, 0) is 0 Å². The Bertz CT molecular complexity index is 802. The van der Waals surface area contributed by atoms with Gasteiger partial charge >= 0.3 is 11.9 Å². The van der Waals surface area contributed by atoms with Crippen LogP contribution < -0.4 is 0 Å². The summed E-state index contributed by atoms with van der Waals surface area (Å²) in [5.41, 5.74) is -1.35. The van der Waals surface area contributed by atoms with Gasteiger partial charge in [-0.1, -0.05) is 12.1 Å². The molecule has 112 valence electrons. The van der Waals surface area contributed by atoms with Gasteiger partial charge in [0.25, 0.3) is 5.69 Å². The van der Waals surface area contributed by atoms with E-state index in [4.69, 9.17) is 0 Å². The average Bonchev–Trinajstić information content (AvgIpc) is 2.46. The number of hydrogen-bond donors (Lipinski definition) is 2. The maximum Gasteiger partial charge on any atom is 0.357 e. The van der Waals surface area contributed by atoms with Crippen molar-refractivity contribution >= 4 is 17.6 Å². The largest absolute Gasteiger partial charge is 0.478 e. The Morgan fingerprint density at radius 1 is 1.18 bits per heavy atom. The van der Waals surface area contributed by atoms with Crippen molar-refractivity contribution in [1.29, 1.82) is 0 Å². The molecular formula is C13H9N3O6. The molecule has 0 bridgehead atoms. The van der Waals surface area contributed by atoms with E-state index in [0.29, 0.717) is 0 Å². The number of aromatic carboxylic acids is 2. The highest BCUT2D eigenvalue weighted by Gasteiger charge is 2.25. The molecule has 0 aliphatic heterocycles. The maximum absolute atomic E-state index is 11.4. The van der Waals surface area contributed by atoms with Gasteiger partial charge in [-0.15, -0.1) is 5.10 Å². The first-order valence-electron chi connectivity index (χ1n) is 5.91. The number of carboxylic acid groups (broad SMARTS) is 2. The topological polar surface area (TPSA) is 144 Å². The van der Waals surface area contributed by atoms with Crippen molar-refractivity contribution in [1.82, 2.24) is 10.2 Å². The van der Waals surface area contributed by atoms with Gasteiger partial charge < -0.3 is 10.2 Å². The summed E-state index contributed by atoms with van der Waals surface area (Å²) in [6.45, 7) is 1.36. The molecule has 0 aliphatic rings. The van der Waals surface area contributed by atoms with Crippen molar-refractivity contribution in [3.63, 3.8) is 0 Å². The fourth-order valence-corrected chi connectivity index (χ4v) is 1.99. The van der Waals surface area contributed by atoms with E-state index in [2.05, 4.69) is 10.2 Å². The Morgan fingerprint density at radius 3 is 2.41 bits per heavy atom. The van der Waals surface area contributed by atoms with Crippen molar-refractivity contribution in [2.24, 2.45) is 0 Å². The number of rotatable bonds is 4. The smallest absolute Gasteiger partial charge is 0.357 e. The van der Waals surface area contributed by atoms with Crippen molar-refractivity contribution < 1.29 is 24.7 Å². The number of non-ortho nitro benzene ring substituents is 1. The van der Waals surface area contributed by atoms with Crippen LogP contribution in [0.3, 0.4) is 0 Å². The fourth-order valence-electron chi connectivity index (χ4n) is 1.99. The number of aryl methyl sites for hydroxylation is 1. The lowest BCUT2D eigenvalue weighted by molar-refractivity contribution is -0.384. The van der Waals surface area contributed by atoms with Gasteiger partial charge in [0.05, 0.1) is 16.2 Å². The summed E-state index contributed by atoms with van der Waals surface area (Å²) >= 11 is 0. The van der Waals surface area contributed by atoms with Gasteiger partial charge in [0.15, 0.2) is 5.69 Å². The van der Waals surface area contributed by atoms with E-state index in [1.165, 1.54) is 25.1 Å². The van der Waals surface area contributed by atoms with E-state index < -0.39 is 22.6 Å². The number of aromatic nitrogens is 2. The molecule has 0 unspecified atom stereocenters. The zero-order chi connectivity index (χ0) is 16.4. The Kier molecular flexibility index (Phi) is 3.80. The summed E-state index contributed by atoms with van der Waals surface area (Å²) in [5.74, 6) is -2.87. The molecule has 22 heavy (non-hydrogen) atoms. The quantitative estimate of drug-likeness (QED) is 0.642. The molecular weight excluding hydrogens is 294 g/mol. The first-order chi connectivity index (χ1) is 10.3. The van der Waals surface area contributed by atoms with Gasteiger partial charge in [-0.05, 0) is 12.5 Å². The van der Waals surface area contributed by atoms with Crippen LogP contribution in [0.25, 0.3) is 11.1 Å². The Balaban J connectivity index is 2.85. The number of nitro benzene ring substituents is 1. The van der Waals surface area contributed by atoms with Crippen LogP contribution in [0.2, 0.25) is 0 Å². The number of nitro groups is 1. The minimum absolute atomic E-state index is 0.0130. The molecule has 0 amide bonds. The molecule has 0 aliphatic carbocycles. The third kappa shape index (κ3) is 2.59. The average molecular weight is 303 g/mol. The van der Waals surface area contributed by atoms with E-state index in [9.17, 15) is 29.9 Å². The lowest BCUT2D eigenvalue weighted by Gasteiger charge is -2.10. The molecule has 9 heteroatoms. The molecule has 1 aromatic carbocycles. The summed E-state index contributed by atoms with van der Waals surface area (Å²) < 4.78 is 0. The van der Waals surface area contributed by atoms with Crippen LogP contribution in [0.15, 0.2) is 24.3 Å². The van der Waals surface area contributed by atoms with Gasteiger partial charge in [-0.25, -0.2) is 9.59 Å². The standard InChI is InChI=1S/C13H9N3O6/c1-6-9(12(17)18)10(11(13(19)20)15-14-6)7-3-2-4-8(5-7)16(21)22/h2-5H,1H3,(H,17,18)(H,19,20). The third-order valence-electron chi connectivity index (χ3n) is 2.91. The van der Waals surface area contributed by atoms with Gasteiger partial charge in [-0.3, -0.25) is 10.1 Å². The van der Waals surface area contributed by atoms with Crippen LogP contribution in [0.4, 0.5) is 5.69 Å². The highest BCUT2D eigenvalue weighted by molar-refractivity contribution is 6.04. The molecule has 0 spiro atoms. The summed E-state index contributed by atoms with van der Waals surface area (Å²) in [4.78, 5) is 32.9. The van der Waals surface area contributed by atoms with E-state index in [1.54, 1.807) is 0 Å². The zero-order valence-electron chi connectivity index (χ0n) is 11.2. The summed E-state index contributed by atoms with van der Waals surface area (Å²) in [7, 11) is 0. The monoisotopic (exact) mass is 303 g/mol. The van der Waals surface area contributed by atoms with Crippen LogP contribution >= 0.6 is 0 Å². The minimum atomic E-state index is -1.48. The molecule has 9 nitrogen and oxygen atoms in total. The molecule has 2 aromatic rings. The van der Waals surface area contributed by atoms with E-state index in [1.807, 2.05) is 0 Å². The highest BCUT2D eigenvalue weighted by atomic mass is 16.6. The van der Waals surface area contributed by atoms with Crippen LogP contribution in [-0.4, -0.2) is 37.3 Å². The molecule has 0 fully saturated rings. The molecule has 0 saturated heterocycles. The van der Waals surface area contributed by atoms with E-state index in [0.717, 1.165) is 6.07 Å². The van der Waals surface area contributed by atoms with Gasteiger partial charge in [0, 0.05) is 17.7 Å². The Hall–Kier alpha value is -3.36. The van der Waals surface area contributed by atoms with E-state index in [-0.39, 0.29) is 28.1 Å². The SMILES string of the molecule is Cc1nnc(C(=O)O)c(-c2cccc([N+](=O)[O-])c2)c1C(=O)O. The maximum atomic E-state index is 11.4. The van der Waals surface area contributed by atoms with E-state index >= 15 is 0 Å². The lowest BCUT2D eigenvalue weighted by Crippen LogP contribution is -2.13. The molecule has 0 radical (unpaired) electrons. The fraction of sp³-hybridized carbons (Fsp3) is 0.0769. The van der Waals surface area contributed by atoms with Crippen molar-refractivity contribution in [3.8, 4) is 11.1 Å². The van der Waals surface area contributed by atoms with Gasteiger partial charge in [0.1, 0.15) is 0 Å². The molecule has 0 atom stereocenters. The second-order valence-corrected chi connectivity index (χ2v) is 4.30. The lowest BCUT2D eigenvalue weighted by atomic mass is 9.97. The number of nitrogens with zero attached hydrogens (tertiary/aromatic N) is 3. The highest BCUT2D eigenvalue weighted by Crippen LogP contribution is 2.30. The zero-order valence-corrected chi connectivity index (χ0v) is 11.2. The number of benzene rings is 1. The van der Waals surface area contributed by atoms with Gasteiger partial charge in [0.2, 0.25) is 0 Å². The van der Waals surface area contributed by atoms with Crippen molar-refractivity contribution in [2.45, 2.75) is 6.92 Å². The van der Waals surface area contributed by atoms with Crippen molar-refractivity contribution in [2.75, 3.05) is 0 Å². The van der Waals surface area contributed by atoms with Crippen LogP contribution in [0.5, 0.6) is 0 Å². The second kappa shape index (κ2) is 5.56. The predicted octanol–water partition coefficient (Wildman–Crippen LogP) is 1.76. The number of carboxylic acids is 2. The number of carbonyl (C=O) groups is 2. The predicted molar refractivity (Wildman–Crippen MR) is 72.8 cm³/mol. The minimum Gasteiger partial charge on any atom is -0.478 e. The molecule has 1 heterocycles. The second-order valence-electron chi connectivity index (χ2n) is 4.30. The summed E-state index contributed by atoms with van der Waals surface area (Å²) in [6, 6.07) is 5.02. The summed E-state index contributed by atoms with van der Waals surface area (Å²) in [5, 5.41) is 36.3. The summed E-state index contributed by atoms with van der Waals surface area (Å²) in [6.07, 6.45) is 0. The molecule has 2 rings (SSSR count). The van der Waals surface area contributed by atoms with Crippen LogP contribution in [0.1, 0.15) is 26.5 Å².